The fourth-order valence-electron chi connectivity index (χ4n) is 2.57. The van der Waals surface area contributed by atoms with Gasteiger partial charge in [-0.15, -0.1) is 0 Å². The fourth-order valence-corrected chi connectivity index (χ4v) is 4.60. The molecule has 124 valence electrons. The molecule has 9 heteroatoms. The molecule has 1 saturated heterocycles. The van der Waals surface area contributed by atoms with Crippen molar-refractivity contribution in [2.45, 2.75) is 33.0 Å². The molecule has 1 aromatic heterocycles. The van der Waals surface area contributed by atoms with Crippen LogP contribution < -0.4 is 5.56 Å². The third-order valence-corrected chi connectivity index (χ3v) is 6.08. The lowest BCUT2D eigenvalue weighted by Gasteiger charge is -2.29. The molecule has 0 amide bonds. The van der Waals surface area contributed by atoms with Crippen LogP contribution in [0.4, 0.5) is 0 Å². The summed E-state index contributed by atoms with van der Waals surface area (Å²) in [6.07, 6.45) is 1.90. The summed E-state index contributed by atoms with van der Waals surface area (Å²) in [4.78, 5) is 14.1. The Bertz CT molecular complexity index is 703. The van der Waals surface area contributed by atoms with Crippen molar-refractivity contribution in [3.05, 3.63) is 26.6 Å². The van der Waals surface area contributed by atoms with Crippen molar-refractivity contribution in [3.8, 4) is 0 Å². The molecule has 0 aromatic carbocycles. The molecule has 0 aliphatic carbocycles. The topological polar surface area (TPSA) is 72.3 Å². The van der Waals surface area contributed by atoms with Gasteiger partial charge in [-0.1, -0.05) is 37.0 Å². The first-order chi connectivity index (χ1) is 10.2. The molecule has 0 spiro atoms. The van der Waals surface area contributed by atoms with Crippen molar-refractivity contribution >= 4 is 33.0 Å². The first-order valence-electron chi connectivity index (χ1n) is 7.05. The predicted octanol–water partition coefficient (Wildman–Crippen LogP) is 1.65. The average Bonchev–Trinajstić information content (AvgIpc) is 2.78. The molecule has 0 radical (unpaired) electrons. The lowest BCUT2D eigenvalue weighted by molar-refractivity contribution is 0.135. The van der Waals surface area contributed by atoms with Gasteiger partial charge in [0.05, 0.1) is 29.4 Å². The number of sulfone groups is 1. The van der Waals surface area contributed by atoms with Crippen molar-refractivity contribution in [3.63, 3.8) is 0 Å². The summed E-state index contributed by atoms with van der Waals surface area (Å²) in [6.45, 7) is 4.96. The molecule has 0 bridgehead atoms. The van der Waals surface area contributed by atoms with Gasteiger partial charge in [0.15, 0.2) is 9.84 Å². The van der Waals surface area contributed by atoms with Crippen LogP contribution in [0, 0.1) is 5.92 Å². The highest BCUT2D eigenvalue weighted by Crippen LogP contribution is 2.20. The van der Waals surface area contributed by atoms with Crippen LogP contribution in [0.2, 0.25) is 10.0 Å². The van der Waals surface area contributed by atoms with Gasteiger partial charge in [-0.2, -0.15) is 5.10 Å². The minimum atomic E-state index is -2.99. The highest BCUT2D eigenvalue weighted by atomic mass is 35.5. The van der Waals surface area contributed by atoms with Gasteiger partial charge < -0.3 is 0 Å². The van der Waals surface area contributed by atoms with Gasteiger partial charge in [0, 0.05) is 12.6 Å². The molecule has 6 nitrogen and oxygen atoms in total. The monoisotopic (exact) mass is 367 g/mol. The third kappa shape index (κ3) is 4.22. The number of aromatic nitrogens is 2. The van der Waals surface area contributed by atoms with Crippen LogP contribution in [0.5, 0.6) is 0 Å². The molecule has 1 aliphatic rings. The standard InChI is InChI=1S/C13H19Cl2N3O3S/c1-9(2)6-17(10-3-4-22(20,21)7-10)8-18-13(19)12(15)11(14)5-16-18/h5,9-10H,3-4,6-8H2,1-2H3/t10-/m1/s1. The van der Waals surface area contributed by atoms with Crippen LogP contribution >= 0.6 is 23.2 Å². The van der Waals surface area contributed by atoms with Crippen molar-refractivity contribution in [1.29, 1.82) is 0 Å². The minimum Gasteiger partial charge on any atom is -0.280 e. The number of hydrogen-bond acceptors (Lipinski definition) is 5. The van der Waals surface area contributed by atoms with Crippen LogP contribution in [0.3, 0.4) is 0 Å². The summed E-state index contributed by atoms with van der Waals surface area (Å²) in [7, 11) is -2.99. The van der Waals surface area contributed by atoms with Crippen molar-refractivity contribution < 1.29 is 8.42 Å². The van der Waals surface area contributed by atoms with E-state index in [1.165, 1.54) is 10.9 Å². The first kappa shape index (κ1) is 17.7. The lowest BCUT2D eigenvalue weighted by Crippen LogP contribution is -2.43. The van der Waals surface area contributed by atoms with Crippen LogP contribution in [0.25, 0.3) is 0 Å². The maximum absolute atomic E-state index is 12.1. The van der Waals surface area contributed by atoms with E-state index in [9.17, 15) is 13.2 Å². The summed E-state index contributed by atoms with van der Waals surface area (Å²) in [6, 6.07) is -0.101. The highest BCUT2D eigenvalue weighted by Gasteiger charge is 2.32. The molecular formula is C13H19Cl2N3O3S. The zero-order chi connectivity index (χ0) is 16.5. The van der Waals surface area contributed by atoms with Gasteiger partial charge in [-0.3, -0.25) is 9.69 Å². The van der Waals surface area contributed by atoms with E-state index in [0.29, 0.717) is 18.9 Å². The van der Waals surface area contributed by atoms with E-state index in [0.717, 1.165) is 0 Å². The molecule has 22 heavy (non-hydrogen) atoms. The van der Waals surface area contributed by atoms with Crippen LogP contribution in [-0.4, -0.2) is 47.2 Å². The van der Waals surface area contributed by atoms with Crippen molar-refractivity contribution in [1.82, 2.24) is 14.7 Å². The molecule has 1 aliphatic heterocycles. The molecule has 1 atom stereocenters. The summed E-state index contributed by atoms with van der Waals surface area (Å²) in [5, 5.41) is 4.03. The maximum atomic E-state index is 12.1. The van der Waals surface area contributed by atoms with E-state index in [-0.39, 0.29) is 34.3 Å². The summed E-state index contributed by atoms with van der Waals surface area (Å²) >= 11 is 11.6. The van der Waals surface area contributed by atoms with E-state index >= 15 is 0 Å². The first-order valence-corrected chi connectivity index (χ1v) is 9.63. The average molecular weight is 368 g/mol. The largest absolute Gasteiger partial charge is 0.288 e. The molecule has 2 rings (SSSR count). The van der Waals surface area contributed by atoms with Gasteiger partial charge >= 0.3 is 0 Å². The van der Waals surface area contributed by atoms with Gasteiger partial charge in [0.1, 0.15) is 5.02 Å². The lowest BCUT2D eigenvalue weighted by atomic mass is 10.1. The zero-order valence-corrected chi connectivity index (χ0v) is 14.8. The molecule has 1 aromatic rings. The second-order valence-corrected chi connectivity index (χ2v) is 8.99. The van der Waals surface area contributed by atoms with E-state index < -0.39 is 15.4 Å². The Morgan fingerprint density at radius 2 is 2.14 bits per heavy atom. The Hall–Kier alpha value is -0.630. The number of halogens is 2. The number of nitrogens with zero attached hydrogens (tertiary/aromatic N) is 3. The fraction of sp³-hybridized carbons (Fsp3) is 0.692. The Kier molecular flexibility index (Phi) is 5.53. The van der Waals surface area contributed by atoms with E-state index in [2.05, 4.69) is 5.10 Å². The number of hydrogen-bond donors (Lipinski definition) is 0. The quantitative estimate of drug-likeness (QED) is 0.790. The smallest absolute Gasteiger partial charge is 0.280 e. The molecule has 2 heterocycles. The second kappa shape index (κ2) is 6.86. The highest BCUT2D eigenvalue weighted by molar-refractivity contribution is 7.91. The van der Waals surface area contributed by atoms with E-state index in [4.69, 9.17) is 23.2 Å². The third-order valence-electron chi connectivity index (χ3n) is 3.58. The van der Waals surface area contributed by atoms with Crippen LogP contribution in [0.1, 0.15) is 20.3 Å². The summed E-state index contributed by atoms with van der Waals surface area (Å²) < 4.78 is 24.6. The van der Waals surface area contributed by atoms with E-state index in [1.807, 2.05) is 18.7 Å². The molecule has 1 fully saturated rings. The maximum Gasteiger partial charge on any atom is 0.288 e. The van der Waals surface area contributed by atoms with Gasteiger partial charge in [-0.25, -0.2) is 13.1 Å². The molecule has 0 N–H and O–H groups in total. The zero-order valence-electron chi connectivity index (χ0n) is 12.5. The Morgan fingerprint density at radius 3 is 2.68 bits per heavy atom. The van der Waals surface area contributed by atoms with Gasteiger partial charge in [0.2, 0.25) is 0 Å². The van der Waals surface area contributed by atoms with Crippen molar-refractivity contribution in [2.75, 3.05) is 18.1 Å². The Labute approximate surface area is 139 Å². The summed E-state index contributed by atoms with van der Waals surface area (Å²) in [5.41, 5.74) is -0.469. The van der Waals surface area contributed by atoms with Gasteiger partial charge in [-0.05, 0) is 12.3 Å². The van der Waals surface area contributed by atoms with Gasteiger partial charge in [0.25, 0.3) is 5.56 Å². The van der Waals surface area contributed by atoms with E-state index in [1.54, 1.807) is 0 Å². The second-order valence-electron chi connectivity index (χ2n) is 5.97. The van der Waals surface area contributed by atoms with Crippen molar-refractivity contribution in [2.24, 2.45) is 5.92 Å². The molecular weight excluding hydrogens is 349 g/mol. The SMILES string of the molecule is CC(C)CN(Cn1ncc(Cl)c(Cl)c1=O)[C@@H]1CCS(=O)(=O)C1. The van der Waals surface area contributed by atoms with Crippen LogP contribution in [0.15, 0.2) is 11.0 Å². The normalized spacial score (nSPS) is 20.9. The van der Waals surface area contributed by atoms with Crippen LogP contribution in [-0.2, 0) is 16.5 Å². The Balaban J connectivity index is 2.24. The summed E-state index contributed by atoms with van der Waals surface area (Å²) in [5.74, 6) is 0.646. The predicted molar refractivity (Wildman–Crippen MR) is 87.1 cm³/mol. The molecule has 0 saturated carbocycles. The minimum absolute atomic E-state index is 0.0693. The number of rotatable bonds is 5. The Morgan fingerprint density at radius 1 is 1.45 bits per heavy atom. The molecule has 0 unspecified atom stereocenters.